The number of terminal acetylenes is 1. The van der Waals surface area contributed by atoms with Crippen molar-refractivity contribution in [3.63, 3.8) is 0 Å². The zero-order valence-electron chi connectivity index (χ0n) is 9.57. The molecule has 0 aromatic carbocycles. The maximum atomic E-state index is 10.5. The Kier molecular flexibility index (Phi) is 3.21. The first kappa shape index (κ1) is 11.8. The van der Waals surface area contributed by atoms with Gasteiger partial charge in [0.25, 0.3) is 0 Å². The summed E-state index contributed by atoms with van der Waals surface area (Å²) in [4.78, 5) is 3.95. The largest absolute Gasteiger partial charge is 0.386 e. The van der Waals surface area contributed by atoms with Gasteiger partial charge in [-0.05, 0) is 5.41 Å². The first-order valence-corrected chi connectivity index (χ1v) is 5.01. The molecule has 0 fully saturated rings. The molecule has 1 heterocycles. The summed E-state index contributed by atoms with van der Waals surface area (Å²) in [6.07, 6.45) is 10.9. The molecule has 82 valence electrons. The van der Waals surface area contributed by atoms with Crippen LogP contribution >= 0.6 is 0 Å². The SMILES string of the molecule is C#CCC(O)(Cn1ccnc1)C(C)(C)C. The van der Waals surface area contributed by atoms with Crippen LogP contribution in [0.25, 0.3) is 0 Å². The van der Waals surface area contributed by atoms with Crippen LogP contribution in [-0.4, -0.2) is 20.3 Å². The van der Waals surface area contributed by atoms with Gasteiger partial charge < -0.3 is 9.67 Å². The zero-order chi connectivity index (χ0) is 11.5. The molecule has 3 heteroatoms. The molecule has 0 radical (unpaired) electrons. The molecule has 1 unspecified atom stereocenters. The second kappa shape index (κ2) is 4.08. The van der Waals surface area contributed by atoms with Gasteiger partial charge in [-0.15, -0.1) is 12.3 Å². The quantitative estimate of drug-likeness (QED) is 0.764. The molecule has 0 amide bonds. The van der Waals surface area contributed by atoms with E-state index in [4.69, 9.17) is 6.42 Å². The molecular weight excluding hydrogens is 188 g/mol. The van der Waals surface area contributed by atoms with Crippen LogP contribution < -0.4 is 0 Å². The van der Waals surface area contributed by atoms with Gasteiger partial charge in [0.15, 0.2) is 0 Å². The molecule has 0 aliphatic rings. The fourth-order valence-electron chi connectivity index (χ4n) is 1.41. The summed E-state index contributed by atoms with van der Waals surface area (Å²) in [6, 6.07) is 0. The van der Waals surface area contributed by atoms with Crippen molar-refractivity contribution < 1.29 is 5.11 Å². The van der Waals surface area contributed by atoms with Crippen molar-refractivity contribution >= 4 is 0 Å². The molecule has 0 aliphatic carbocycles. The first-order valence-electron chi connectivity index (χ1n) is 5.01. The molecule has 1 N–H and O–H groups in total. The van der Waals surface area contributed by atoms with E-state index in [1.165, 1.54) is 0 Å². The fourth-order valence-corrected chi connectivity index (χ4v) is 1.41. The molecule has 1 aromatic heterocycles. The maximum absolute atomic E-state index is 10.5. The van der Waals surface area contributed by atoms with Gasteiger partial charge in [-0.1, -0.05) is 20.8 Å². The fraction of sp³-hybridized carbons (Fsp3) is 0.583. The lowest BCUT2D eigenvalue weighted by Gasteiger charge is -2.39. The molecular formula is C12H18N2O. The molecule has 0 aliphatic heterocycles. The van der Waals surface area contributed by atoms with Gasteiger partial charge in [0.05, 0.1) is 18.5 Å². The van der Waals surface area contributed by atoms with Crippen molar-refractivity contribution in [1.82, 2.24) is 9.55 Å². The van der Waals surface area contributed by atoms with E-state index in [9.17, 15) is 5.11 Å². The molecule has 0 saturated heterocycles. The van der Waals surface area contributed by atoms with Gasteiger partial charge in [-0.3, -0.25) is 0 Å². The van der Waals surface area contributed by atoms with E-state index >= 15 is 0 Å². The monoisotopic (exact) mass is 206 g/mol. The highest BCUT2D eigenvalue weighted by atomic mass is 16.3. The van der Waals surface area contributed by atoms with Gasteiger partial charge in [0.1, 0.15) is 0 Å². The van der Waals surface area contributed by atoms with Crippen molar-refractivity contribution in [2.24, 2.45) is 5.41 Å². The number of nitrogens with zero attached hydrogens (tertiary/aromatic N) is 2. The van der Waals surface area contributed by atoms with Crippen LogP contribution in [-0.2, 0) is 6.54 Å². The Balaban J connectivity index is 2.89. The van der Waals surface area contributed by atoms with Crippen molar-refractivity contribution in [1.29, 1.82) is 0 Å². The number of hydrogen-bond donors (Lipinski definition) is 1. The third-order valence-electron chi connectivity index (χ3n) is 2.79. The minimum atomic E-state index is -0.900. The van der Waals surface area contributed by atoms with E-state index in [-0.39, 0.29) is 5.41 Å². The second-order valence-electron chi connectivity index (χ2n) is 4.90. The normalized spacial score (nSPS) is 15.7. The predicted molar refractivity (Wildman–Crippen MR) is 60.1 cm³/mol. The standard InChI is InChI=1S/C12H18N2O/c1-5-6-12(15,11(2,3)4)9-14-8-7-13-10-14/h1,7-8,10,15H,6,9H2,2-4H3. The summed E-state index contributed by atoms with van der Waals surface area (Å²) in [6.45, 7) is 6.44. The van der Waals surface area contributed by atoms with Crippen molar-refractivity contribution in [2.45, 2.75) is 39.3 Å². The number of aromatic nitrogens is 2. The molecule has 0 spiro atoms. The molecule has 3 nitrogen and oxygen atoms in total. The van der Waals surface area contributed by atoms with Crippen LogP contribution in [0, 0.1) is 17.8 Å². The highest BCUT2D eigenvalue weighted by Crippen LogP contribution is 2.34. The van der Waals surface area contributed by atoms with Gasteiger partial charge in [-0.25, -0.2) is 4.98 Å². The van der Waals surface area contributed by atoms with Gasteiger partial charge in [-0.2, -0.15) is 0 Å². The Hall–Kier alpha value is -1.27. The lowest BCUT2D eigenvalue weighted by molar-refractivity contribution is -0.0668. The van der Waals surface area contributed by atoms with Crippen molar-refractivity contribution in [2.75, 3.05) is 0 Å². The van der Waals surface area contributed by atoms with Crippen LogP contribution in [0.15, 0.2) is 18.7 Å². The number of imidazole rings is 1. The van der Waals surface area contributed by atoms with Crippen molar-refractivity contribution in [3.8, 4) is 12.3 Å². The van der Waals surface area contributed by atoms with Crippen LogP contribution in [0.5, 0.6) is 0 Å². The highest BCUT2D eigenvalue weighted by molar-refractivity contribution is 5.01. The average molecular weight is 206 g/mol. The van der Waals surface area contributed by atoms with Crippen LogP contribution in [0.3, 0.4) is 0 Å². The van der Waals surface area contributed by atoms with Gasteiger partial charge in [0.2, 0.25) is 0 Å². The molecule has 0 bridgehead atoms. The summed E-state index contributed by atoms with van der Waals surface area (Å²) in [5, 5.41) is 10.5. The minimum absolute atomic E-state index is 0.260. The Morgan fingerprint density at radius 1 is 1.47 bits per heavy atom. The highest BCUT2D eigenvalue weighted by Gasteiger charge is 2.39. The zero-order valence-corrected chi connectivity index (χ0v) is 9.57. The van der Waals surface area contributed by atoms with E-state index < -0.39 is 5.60 Å². The van der Waals surface area contributed by atoms with E-state index in [0.29, 0.717) is 13.0 Å². The summed E-state index contributed by atoms with van der Waals surface area (Å²) in [7, 11) is 0. The summed E-state index contributed by atoms with van der Waals surface area (Å²) in [5.41, 5.74) is -1.16. The van der Waals surface area contributed by atoms with Crippen LogP contribution in [0.2, 0.25) is 0 Å². The Morgan fingerprint density at radius 2 is 2.13 bits per heavy atom. The molecule has 1 rings (SSSR count). The Bertz CT molecular complexity index is 343. The summed E-state index contributed by atoms with van der Waals surface area (Å²) < 4.78 is 1.85. The lowest BCUT2D eigenvalue weighted by atomic mass is 9.74. The van der Waals surface area contributed by atoms with E-state index in [2.05, 4.69) is 10.9 Å². The molecule has 15 heavy (non-hydrogen) atoms. The summed E-state index contributed by atoms with van der Waals surface area (Å²) in [5.74, 6) is 2.54. The Morgan fingerprint density at radius 3 is 2.53 bits per heavy atom. The van der Waals surface area contributed by atoms with Crippen LogP contribution in [0.4, 0.5) is 0 Å². The second-order valence-corrected chi connectivity index (χ2v) is 4.90. The molecule has 1 atom stereocenters. The average Bonchev–Trinajstić information content (AvgIpc) is 2.55. The van der Waals surface area contributed by atoms with Gasteiger partial charge in [0, 0.05) is 18.8 Å². The van der Waals surface area contributed by atoms with Gasteiger partial charge >= 0.3 is 0 Å². The first-order chi connectivity index (χ1) is 6.89. The number of rotatable bonds is 3. The molecule has 1 aromatic rings. The van der Waals surface area contributed by atoms with E-state index in [1.54, 1.807) is 12.5 Å². The maximum Gasteiger partial charge on any atom is 0.0982 e. The summed E-state index contributed by atoms with van der Waals surface area (Å²) >= 11 is 0. The lowest BCUT2D eigenvalue weighted by Crippen LogP contribution is -2.46. The van der Waals surface area contributed by atoms with Crippen LogP contribution in [0.1, 0.15) is 27.2 Å². The Labute approximate surface area is 91.1 Å². The smallest absolute Gasteiger partial charge is 0.0982 e. The topological polar surface area (TPSA) is 38.0 Å². The molecule has 0 saturated carbocycles. The predicted octanol–water partition coefficient (Wildman–Crippen LogP) is 1.68. The third kappa shape index (κ3) is 2.60. The number of hydrogen-bond acceptors (Lipinski definition) is 2. The minimum Gasteiger partial charge on any atom is -0.386 e. The third-order valence-corrected chi connectivity index (χ3v) is 2.79. The van der Waals surface area contributed by atoms with Crippen molar-refractivity contribution in [3.05, 3.63) is 18.7 Å². The number of aliphatic hydroxyl groups is 1. The van der Waals surface area contributed by atoms with E-state index in [1.807, 2.05) is 31.5 Å². The van der Waals surface area contributed by atoms with E-state index in [0.717, 1.165) is 0 Å².